The zero-order valence-electron chi connectivity index (χ0n) is 13.6. The van der Waals surface area contributed by atoms with Gasteiger partial charge < -0.3 is 15.4 Å². The van der Waals surface area contributed by atoms with Gasteiger partial charge in [0.25, 0.3) is 0 Å². The van der Waals surface area contributed by atoms with E-state index in [-0.39, 0.29) is 18.0 Å². The number of nitrogens with zero attached hydrogens (tertiary/aromatic N) is 1. The summed E-state index contributed by atoms with van der Waals surface area (Å²) in [5.41, 5.74) is 0.957. The van der Waals surface area contributed by atoms with Gasteiger partial charge in [-0.25, -0.2) is 8.42 Å². The second-order valence-electron chi connectivity index (χ2n) is 5.40. The van der Waals surface area contributed by atoms with Crippen molar-refractivity contribution in [3.8, 4) is 0 Å². The lowest BCUT2D eigenvalue weighted by Crippen LogP contribution is -2.52. The molecule has 0 radical (unpaired) electrons. The SMILES string of the molecule is CNC(=O)C(=O)NC[C@H]1OCCCN1S(=O)(=O)c1ccc(C)cc1. The Labute approximate surface area is 141 Å². The van der Waals surface area contributed by atoms with Crippen LogP contribution in [0.25, 0.3) is 0 Å². The maximum absolute atomic E-state index is 12.8. The Morgan fingerprint density at radius 1 is 1.25 bits per heavy atom. The Balaban J connectivity index is 2.14. The number of sulfonamides is 1. The van der Waals surface area contributed by atoms with Crippen LogP contribution in [0.3, 0.4) is 0 Å². The van der Waals surface area contributed by atoms with Crippen LogP contribution >= 0.6 is 0 Å². The van der Waals surface area contributed by atoms with Crippen molar-refractivity contribution < 1.29 is 22.7 Å². The number of ether oxygens (including phenoxy) is 1. The van der Waals surface area contributed by atoms with Crippen molar-refractivity contribution in [2.24, 2.45) is 0 Å². The van der Waals surface area contributed by atoms with Gasteiger partial charge in [-0.05, 0) is 25.5 Å². The van der Waals surface area contributed by atoms with Crippen molar-refractivity contribution in [3.05, 3.63) is 29.8 Å². The zero-order valence-corrected chi connectivity index (χ0v) is 14.4. The first-order valence-electron chi connectivity index (χ1n) is 7.56. The molecule has 1 aromatic carbocycles. The van der Waals surface area contributed by atoms with E-state index in [0.29, 0.717) is 13.0 Å². The second-order valence-corrected chi connectivity index (χ2v) is 7.29. The number of rotatable bonds is 4. The third-order valence-corrected chi connectivity index (χ3v) is 5.56. The Morgan fingerprint density at radius 2 is 1.92 bits per heavy atom. The molecule has 9 heteroatoms. The molecule has 1 fully saturated rings. The Kier molecular flexibility index (Phi) is 5.92. The molecule has 0 bridgehead atoms. The molecule has 2 rings (SSSR count). The van der Waals surface area contributed by atoms with Crippen molar-refractivity contribution in [1.29, 1.82) is 0 Å². The van der Waals surface area contributed by atoms with E-state index in [4.69, 9.17) is 4.74 Å². The average molecular weight is 355 g/mol. The lowest BCUT2D eigenvalue weighted by atomic mass is 10.2. The average Bonchev–Trinajstić information content (AvgIpc) is 2.59. The highest BCUT2D eigenvalue weighted by atomic mass is 32.2. The second kappa shape index (κ2) is 7.73. The summed E-state index contributed by atoms with van der Waals surface area (Å²) < 4.78 is 32.3. The lowest BCUT2D eigenvalue weighted by molar-refractivity contribution is -0.139. The van der Waals surface area contributed by atoms with E-state index in [9.17, 15) is 18.0 Å². The van der Waals surface area contributed by atoms with Crippen molar-refractivity contribution in [1.82, 2.24) is 14.9 Å². The quantitative estimate of drug-likeness (QED) is 0.715. The molecule has 1 aliphatic heterocycles. The van der Waals surface area contributed by atoms with Gasteiger partial charge in [-0.2, -0.15) is 4.31 Å². The van der Waals surface area contributed by atoms with Crippen molar-refractivity contribution in [3.63, 3.8) is 0 Å². The van der Waals surface area contributed by atoms with Gasteiger partial charge in [-0.15, -0.1) is 0 Å². The van der Waals surface area contributed by atoms with E-state index in [0.717, 1.165) is 5.56 Å². The minimum Gasteiger partial charge on any atom is -0.360 e. The normalized spacial score (nSPS) is 18.8. The minimum absolute atomic E-state index is 0.0999. The van der Waals surface area contributed by atoms with E-state index in [1.165, 1.54) is 11.4 Å². The first-order chi connectivity index (χ1) is 11.4. The first-order valence-corrected chi connectivity index (χ1v) is 9.00. The van der Waals surface area contributed by atoms with Crippen LogP contribution in [0.1, 0.15) is 12.0 Å². The van der Waals surface area contributed by atoms with E-state index in [1.807, 2.05) is 6.92 Å². The summed E-state index contributed by atoms with van der Waals surface area (Å²) in [7, 11) is -2.40. The molecule has 1 saturated heterocycles. The van der Waals surface area contributed by atoms with Gasteiger partial charge in [0.2, 0.25) is 10.0 Å². The van der Waals surface area contributed by atoms with Crippen LogP contribution in [-0.2, 0) is 24.3 Å². The summed E-state index contributed by atoms with van der Waals surface area (Å²) in [4.78, 5) is 22.9. The summed E-state index contributed by atoms with van der Waals surface area (Å²) in [6.07, 6.45) is -0.288. The number of carbonyl (C=O) groups is 2. The van der Waals surface area contributed by atoms with Gasteiger partial charge in [0.1, 0.15) is 6.23 Å². The van der Waals surface area contributed by atoms with Crippen LogP contribution in [0.15, 0.2) is 29.2 Å². The number of nitrogens with one attached hydrogen (secondary N) is 2. The standard InChI is InChI=1S/C15H21N3O5S/c1-11-4-6-12(7-5-11)24(21,22)18-8-3-9-23-13(18)10-17-15(20)14(19)16-2/h4-7,13H,3,8-10H2,1-2H3,(H,16,19)(H,17,20)/t13-/m1/s1. The van der Waals surface area contributed by atoms with E-state index in [2.05, 4.69) is 10.6 Å². The highest BCUT2D eigenvalue weighted by Crippen LogP contribution is 2.22. The van der Waals surface area contributed by atoms with Crippen LogP contribution < -0.4 is 10.6 Å². The number of hydrogen-bond acceptors (Lipinski definition) is 5. The molecule has 1 atom stereocenters. The lowest BCUT2D eigenvalue weighted by Gasteiger charge is -2.34. The Bertz CT molecular complexity index is 702. The summed E-state index contributed by atoms with van der Waals surface area (Å²) in [6.45, 7) is 2.45. The predicted octanol–water partition coefficient (Wildman–Crippen LogP) is -0.406. The number of amides is 2. The maximum atomic E-state index is 12.8. The smallest absolute Gasteiger partial charge is 0.309 e. The van der Waals surface area contributed by atoms with Crippen molar-refractivity contribution in [2.45, 2.75) is 24.5 Å². The molecular formula is C15H21N3O5S. The number of likely N-dealkylation sites (N-methyl/N-ethyl adjacent to an activating group) is 1. The molecule has 0 unspecified atom stereocenters. The van der Waals surface area contributed by atoms with Crippen molar-refractivity contribution >= 4 is 21.8 Å². The molecular weight excluding hydrogens is 334 g/mol. The van der Waals surface area contributed by atoms with Gasteiger partial charge in [-0.3, -0.25) is 9.59 Å². The fraction of sp³-hybridized carbons (Fsp3) is 0.467. The summed E-state index contributed by atoms with van der Waals surface area (Å²) >= 11 is 0. The maximum Gasteiger partial charge on any atom is 0.309 e. The number of aryl methyl sites for hydroxylation is 1. The van der Waals surface area contributed by atoms with Crippen LogP contribution in [0, 0.1) is 6.92 Å². The van der Waals surface area contributed by atoms with Crippen LogP contribution in [0.2, 0.25) is 0 Å². The summed E-state index contributed by atoms with van der Waals surface area (Å²) in [6, 6.07) is 6.53. The monoisotopic (exact) mass is 355 g/mol. The Hall–Kier alpha value is -1.97. The number of carbonyl (C=O) groups excluding carboxylic acids is 2. The molecule has 8 nitrogen and oxygen atoms in total. The van der Waals surface area contributed by atoms with E-state index >= 15 is 0 Å². The first kappa shape index (κ1) is 18.4. The van der Waals surface area contributed by atoms with Gasteiger partial charge in [0, 0.05) is 13.6 Å². The number of benzene rings is 1. The van der Waals surface area contributed by atoms with E-state index in [1.54, 1.807) is 24.3 Å². The topological polar surface area (TPSA) is 105 Å². The van der Waals surface area contributed by atoms with Gasteiger partial charge in [-0.1, -0.05) is 17.7 Å². The van der Waals surface area contributed by atoms with Crippen LogP contribution in [0.4, 0.5) is 0 Å². The molecule has 0 spiro atoms. The van der Waals surface area contributed by atoms with Gasteiger partial charge in [0.15, 0.2) is 0 Å². The van der Waals surface area contributed by atoms with Crippen LogP contribution in [-0.4, -0.2) is 57.5 Å². The molecule has 1 aromatic rings. The molecule has 132 valence electrons. The van der Waals surface area contributed by atoms with Gasteiger partial charge in [0.05, 0.1) is 18.0 Å². The molecule has 0 aliphatic carbocycles. The van der Waals surface area contributed by atoms with Crippen LogP contribution in [0.5, 0.6) is 0 Å². The van der Waals surface area contributed by atoms with E-state index < -0.39 is 28.1 Å². The fourth-order valence-electron chi connectivity index (χ4n) is 2.32. The third-order valence-electron chi connectivity index (χ3n) is 3.65. The fourth-order valence-corrected chi connectivity index (χ4v) is 3.89. The summed E-state index contributed by atoms with van der Waals surface area (Å²) in [5.74, 6) is -1.63. The molecule has 0 aromatic heterocycles. The highest BCUT2D eigenvalue weighted by molar-refractivity contribution is 7.89. The molecule has 24 heavy (non-hydrogen) atoms. The zero-order chi connectivity index (χ0) is 17.7. The molecule has 1 aliphatic rings. The third kappa shape index (κ3) is 4.11. The molecule has 2 amide bonds. The summed E-state index contributed by atoms with van der Waals surface area (Å²) in [5, 5.41) is 4.59. The predicted molar refractivity (Wildman–Crippen MR) is 86.5 cm³/mol. The highest BCUT2D eigenvalue weighted by Gasteiger charge is 2.34. The minimum atomic E-state index is -3.75. The molecule has 0 saturated carbocycles. The van der Waals surface area contributed by atoms with Gasteiger partial charge >= 0.3 is 11.8 Å². The molecule has 1 heterocycles. The molecule has 2 N–H and O–H groups in total. The Morgan fingerprint density at radius 3 is 2.54 bits per heavy atom. The number of hydrogen-bond donors (Lipinski definition) is 2. The largest absolute Gasteiger partial charge is 0.360 e. The van der Waals surface area contributed by atoms with Crippen molar-refractivity contribution in [2.75, 3.05) is 26.7 Å².